The monoisotopic (exact) mass is 244 g/mol. The van der Waals surface area contributed by atoms with Gasteiger partial charge in [-0.25, -0.2) is 0 Å². The Morgan fingerprint density at radius 1 is 1.67 bits per heavy atom. The summed E-state index contributed by atoms with van der Waals surface area (Å²) in [5.74, 6) is 0.0693. The highest BCUT2D eigenvalue weighted by atomic mass is 35.5. The molecule has 0 aliphatic carbocycles. The molecule has 0 radical (unpaired) electrons. The molecule has 0 saturated carbocycles. The molecule has 2 rings (SSSR count). The van der Waals surface area contributed by atoms with E-state index in [1.165, 1.54) is 11.3 Å². The Morgan fingerprint density at radius 3 is 3.07 bits per heavy atom. The second kappa shape index (κ2) is 4.51. The van der Waals surface area contributed by atoms with Crippen molar-refractivity contribution in [1.29, 1.82) is 0 Å². The molecule has 1 fully saturated rings. The third kappa shape index (κ3) is 2.17. The van der Waals surface area contributed by atoms with Crippen molar-refractivity contribution >= 4 is 28.8 Å². The van der Waals surface area contributed by atoms with Crippen molar-refractivity contribution in [3.63, 3.8) is 0 Å². The van der Waals surface area contributed by atoms with E-state index in [1.807, 2.05) is 4.90 Å². The van der Waals surface area contributed by atoms with E-state index in [0.717, 1.165) is 19.4 Å². The van der Waals surface area contributed by atoms with Crippen LogP contribution in [0.3, 0.4) is 0 Å². The number of likely N-dealkylation sites (tertiary alicyclic amines) is 1. The van der Waals surface area contributed by atoms with Gasteiger partial charge in [0.1, 0.15) is 0 Å². The molecule has 0 aromatic carbocycles. The lowest BCUT2D eigenvalue weighted by atomic mass is 10.2. The van der Waals surface area contributed by atoms with Crippen LogP contribution in [0.1, 0.15) is 22.5 Å². The van der Waals surface area contributed by atoms with E-state index in [2.05, 4.69) is 0 Å². The van der Waals surface area contributed by atoms with Gasteiger partial charge in [-0.05, 0) is 25.0 Å². The molecule has 1 aliphatic heterocycles. The molecule has 2 N–H and O–H groups in total. The highest BCUT2D eigenvalue weighted by molar-refractivity contribution is 7.17. The van der Waals surface area contributed by atoms with Gasteiger partial charge in [-0.3, -0.25) is 4.79 Å². The fourth-order valence-electron chi connectivity index (χ4n) is 1.92. The van der Waals surface area contributed by atoms with E-state index >= 15 is 0 Å². The third-order valence-corrected chi connectivity index (χ3v) is 3.91. The largest absolute Gasteiger partial charge is 0.334 e. The number of nitrogens with two attached hydrogens (primary N) is 1. The molecule has 2 heterocycles. The van der Waals surface area contributed by atoms with E-state index in [0.29, 0.717) is 15.8 Å². The number of nitrogens with zero attached hydrogens (tertiary/aromatic N) is 1. The molecule has 1 aromatic heterocycles. The lowest BCUT2D eigenvalue weighted by molar-refractivity contribution is 0.0746. The first-order valence-electron chi connectivity index (χ1n) is 4.98. The molecule has 5 heteroatoms. The molecule has 1 aliphatic rings. The quantitative estimate of drug-likeness (QED) is 0.865. The van der Waals surface area contributed by atoms with Gasteiger partial charge in [-0.15, -0.1) is 11.3 Å². The van der Waals surface area contributed by atoms with E-state index in [-0.39, 0.29) is 11.9 Å². The molecule has 0 bridgehead atoms. The van der Waals surface area contributed by atoms with Crippen molar-refractivity contribution in [2.45, 2.75) is 18.9 Å². The van der Waals surface area contributed by atoms with Gasteiger partial charge in [0.05, 0.1) is 9.21 Å². The SMILES string of the molecule is NCC1CCCN1C(=O)c1ccc(Cl)s1. The molecule has 15 heavy (non-hydrogen) atoms. The van der Waals surface area contributed by atoms with Gasteiger partial charge in [0.25, 0.3) is 5.91 Å². The van der Waals surface area contributed by atoms with Gasteiger partial charge in [0, 0.05) is 19.1 Å². The Bertz CT molecular complexity index is 366. The summed E-state index contributed by atoms with van der Waals surface area (Å²) in [4.78, 5) is 14.6. The number of hydrogen-bond donors (Lipinski definition) is 1. The van der Waals surface area contributed by atoms with Crippen molar-refractivity contribution in [2.75, 3.05) is 13.1 Å². The van der Waals surface area contributed by atoms with Crippen molar-refractivity contribution < 1.29 is 4.79 Å². The van der Waals surface area contributed by atoms with Gasteiger partial charge in [-0.2, -0.15) is 0 Å². The number of thiophene rings is 1. The minimum absolute atomic E-state index is 0.0693. The van der Waals surface area contributed by atoms with E-state index in [1.54, 1.807) is 12.1 Å². The Kier molecular flexibility index (Phi) is 3.29. The fourth-order valence-corrected chi connectivity index (χ4v) is 2.92. The lowest BCUT2D eigenvalue weighted by Gasteiger charge is -2.22. The third-order valence-electron chi connectivity index (χ3n) is 2.69. The minimum Gasteiger partial charge on any atom is -0.334 e. The second-order valence-corrected chi connectivity index (χ2v) is 5.35. The molecular formula is C10H13ClN2OS. The predicted molar refractivity (Wildman–Crippen MR) is 62.4 cm³/mol. The summed E-state index contributed by atoms with van der Waals surface area (Å²) in [5.41, 5.74) is 5.63. The van der Waals surface area contributed by atoms with Crippen LogP contribution >= 0.6 is 22.9 Å². The topological polar surface area (TPSA) is 46.3 Å². The van der Waals surface area contributed by atoms with E-state index < -0.39 is 0 Å². The van der Waals surface area contributed by atoms with Crippen molar-refractivity contribution in [3.05, 3.63) is 21.3 Å². The van der Waals surface area contributed by atoms with Gasteiger partial charge in [-0.1, -0.05) is 11.6 Å². The van der Waals surface area contributed by atoms with Crippen LogP contribution in [0.2, 0.25) is 4.34 Å². The first-order valence-corrected chi connectivity index (χ1v) is 6.18. The lowest BCUT2D eigenvalue weighted by Crippen LogP contribution is -2.39. The van der Waals surface area contributed by atoms with E-state index in [9.17, 15) is 4.79 Å². The van der Waals surface area contributed by atoms with Crippen molar-refractivity contribution in [2.24, 2.45) is 5.73 Å². The maximum atomic E-state index is 12.1. The maximum Gasteiger partial charge on any atom is 0.264 e. The van der Waals surface area contributed by atoms with Crippen molar-refractivity contribution in [1.82, 2.24) is 4.90 Å². The van der Waals surface area contributed by atoms with Gasteiger partial charge in [0.15, 0.2) is 0 Å². The second-order valence-electron chi connectivity index (χ2n) is 3.63. The highest BCUT2D eigenvalue weighted by Gasteiger charge is 2.28. The normalized spacial score (nSPS) is 20.9. The van der Waals surface area contributed by atoms with Crippen LogP contribution in [-0.4, -0.2) is 29.9 Å². The van der Waals surface area contributed by atoms with Crippen LogP contribution in [-0.2, 0) is 0 Å². The Hall–Kier alpha value is -0.580. The molecule has 1 saturated heterocycles. The molecule has 1 amide bonds. The zero-order valence-electron chi connectivity index (χ0n) is 8.28. The zero-order chi connectivity index (χ0) is 10.8. The summed E-state index contributed by atoms with van der Waals surface area (Å²) in [5, 5.41) is 0. The molecule has 1 atom stereocenters. The Labute approximate surface area is 97.8 Å². The summed E-state index contributed by atoms with van der Waals surface area (Å²) in [6.45, 7) is 1.36. The average molecular weight is 245 g/mol. The molecule has 1 aromatic rings. The molecule has 82 valence electrons. The number of halogens is 1. The number of carbonyl (C=O) groups is 1. The van der Waals surface area contributed by atoms with Crippen LogP contribution < -0.4 is 5.73 Å². The number of carbonyl (C=O) groups excluding carboxylic acids is 1. The summed E-state index contributed by atoms with van der Waals surface area (Å²) in [6.07, 6.45) is 2.06. The van der Waals surface area contributed by atoms with Crippen LogP contribution in [0.25, 0.3) is 0 Å². The molecule has 3 nitrogen and oxygen atoms in total. The van der Waals surface area contributed by atoms with Gasteiger partial charge in [0.2, 0.25) is 0 Å². The predicted octanol–water partition coefficient (Wildman–Crippen LogP) is 1.96. The van der Waals surface area contributed by atoms with E-state index in [4.69, 9.17) is 17.3 Å². The smallest absolute Gasteiger partial charge is 0.264 e. The fraction of sp³-hybridized carbons (Fsp3) is 0.500. The molecular weight excluding hydrogens is 232 g/mol. The Balaban J connectivity index is 2.13. The highest BCUT2D eigenvalue weighted by Crippen LogP contribution is 2.26. The minimum atomic E-state index is 0.0693. The number of rotatable bonds is 2. The van der Waals surface area contributed by atoms with Crippen LogP contribution in [0.5, 0.6) is 0 Å². The number of hydrogen-bond acceptors (Lipinski definition) is 3. The maximum absolute atomic E-state index is 12.1. The molecule has 1 unspecified atom stereocenters. The summed E-state index contributed by atoms with van der Waals surface area (Å²) >= 11 is 7.13. The first kappa shape index (κ1) is 10.9. The van der Waals surface area contributed by atoms with Crippen LogP contribution in [0.4, 0.5) is 0 Å². The van der Waals surface area contributed by atoms with Crippen LogP contribution in [0.15, 0.2) is 12.1 Å². The Morgan fingerprint density at radius 2 is 2.47 bits per heavy atom. The zero-order valence-corrected chi connectivity index (χ0v) is 9.85. The van der Waals surface area contributed by atoms with Crippen LogP contribution in [0, 0.1) is 0 Å². The summed E-state index contributed by atoms with van der Waals surface area (Å²) in [6, 6.07) is 3.74. The van der Waals surface area contributed by atoms with Gasteiger partial charge >= 0.3 is 0 Å². The van der Waals surface area contributed by atoms with Gasteiger partial charge < -0.3 is 10.6 Å². The standard InChI is InChI=1S/C10H13ClN2OS/c11-9-4-3-8(15-9)10(14)13-5-1-2-7(13)6-12/h3-4,7H,1-2,5-6,12H2. The molecule has 0 spiro atoms. The summed E-state index contributed by atoms with van der Waals surface area (Å²) < 4.78 is 0.654. The average Bonchev–Trinajstić information content (AvgIpc) is 2.84. The number of amides is 1. The van der Waals surface area contributed by atoms with Crippen molar-refractivity contribution in [3.8, 4) is 0 Å². The summed E-state index contributed by atoms with van der Waals surface area (Å²) in [7, 11) is 0. The first-order chi connectivity index (χ1) is 7.22.